The highest BCUT2D eigenvalue weighted by Gasteiger charge is 2.22. The number of hydrogen-bond donors (Lipinski definition) is 0. The van der Waals surface area contributed by atoms with E-state index in [1.165, 1.54) is 18.2 Å². The summed E-state index contributed by atoms with van der Waals surface area (Å²) in [5.41, 5.74) is 5.91. The van der Waals surface area contributed by atoms with Crippen molar-refractivity contribution in [3.63, 3.8) is 0 Å². The smallest absolute Gasteiger partial charge is 0.340 e. The molecule has 142 valence electrons. The number of aromatic nitrogens is 1. The molecule has 0 unspecified atom stereocenters. The third kappa shape index (κ3) is 3.56. The van der Waals surface area contributed by atoms with E-state index < -0.39 is 0 Å². The summed E-state index contributed by atoms with van der Waals surface area (Å²) in [6, 6.07) is 18.5. The van der Waals surface area contributed by atoms with Gasteiger partial charge < -0.3 is 4.74 Å². The number of esters is 1. The lowest BCUT2D eigenvalue weighted by molar-refractivity contribution is 0.0597. The van der Waals surface area contributed by atoms with E-state index in [1.54, 1.807) is 0 Å². The molecule has 2 heterocycles. The van der Waals surface area contributed by atoms with E-state index in [0.717, 1.165) is 41.7 Å². The van der Waals surface area contributed by atoms with Gasteiger partial charge in [-0.05, 0) is 36.1 Å². The molecule has 4 heteroatoms. The van der Waals surface area contributed by atoms with Crippen molar-refractivity contribution in [3.05, 3.63) is 83.1 Å². The first-order valence-electron chi connectivity index (χ1n) is 9.60. The van der Waals surface area contributed by atoms with E-state index in [2.05, 4.69) is 35.2 Å². The lowest BCUT2D eigenvalue weighted by Gasteiger charge is -2.27. The van der Waals surface area contributed by atoms with E-state index in [9.17, 15) is 4.79 Å². The van der Waals surface area contributed by atoms with Crippen molar-refractivity contribution in [2.24, 2.45) is 0 Å². The van der Waals surface area contributed by atoms with E-state index in [-0.39, 0.29) is 5.97 Å². The van der Waals surface area contributed by atoms with Crippen LogP contribution in [0.4, 0.5) is 0 Å². The highest BCUT2D eigenvalue weighted by atomic mass is 16.5. The van der Waals surface area contributed by atoms with Crippen LogP contribution < -0.4 is 0 Å². The third-order valence-corrected chi connectivity index (χ3v) is 5.43. The van der Waals surface area contributed by atoms with Gasteiger partial charge in [0.1, 0.15) is 0 Å². The van der Waals surface area contributed by atoms with Crippen LogP contribution in [-0.4, -0.2) is 36.1 Å². The van der Waals surface area contributed by atoms with Gasteiger partial charge in [0.25, 0.3) is 0 Å². The Balaban J connectivity index is 1.63. The minimum atomic E-state index is -0.316. The van der Waals surface area contributed by atoms with Crippen LogP contribution in [0.2, 0.25) is 0 Å². The van der Waals surface area contributed by atoms with Gasteiger partial charge in [-0.3, -0.25) is 9.88 Å². The van der Waals surface area contributed by atoms with Gasteiger partial charge in [0.15, 0.2) is 0 Å². The van der Waals surface area contributed by atoms with Crippen LogP contribution in [0.3, 0.4) is 0 Å². The Hall–Kier alpha value is -2.98. The Morgan fingerprint density at radius 2 is 1.86 bits per heavy atom. The van der Waals surface area contributed by atoms with Gasteiger partial charge in [-0.1, -0.05) is 54.6 Å². The molecule has 0 aliphatic carbocycles. The van der Waals surface area contributed by atoms with Gasteiger partial charge in [-0.2, -0.15) is 0 Å². The lowest BCUT2D eigenvalue weighted by atomic mass is 9.98. The predicted molar refractivity (Wildman–Crippen MR) is 112 cm³/mol. The highest BCUT2D eigenvalue weighted by molar-refractivity contribution is 5.98. The van der Waals surface area contributed by atoms with E-state index >= 15 is 0 Å². The molecule has 3 aromatic rings. The molecule has 0 saturated heterocycles. The number of rotatable bonds is 4. The second-order valence-electron chi connectivity index (χ2n) is 7.15. The summed E-state index contributed by atoms with van der Waals surface area (Å²) in [5, 5.41) is 0.997. The zero-order chi connectivity index (χ0) is 19.5. The molecule has 1 aliphatic rings. The molecule has 4 nitrogen and oxygen atoms in total. The molecule has 0 fully saturated rings. The van der Waals surface area contributed by atoms with Crippen LogP contribution >= 0.6 is 0 Å². The fourth-order valence-corrected chi connectivity index (χ4v) is 3.91. The second-order valence-corrected chi connectivity index (χ2v) is 7.15. The van der Waals surface area contributed by atoms with Gasteiger partial charge in [-0.25, -0.2) is 4.79 Å². The second kappa shape index (κ2) is 7.95. The summed E-state index contributed by atoms with van der Waals surface area (Å²) in [6.45, 7) is 4.39. The van der Waals surface area contributed by atoms with Crippen molar-refractivity contribution in [3.8, 4) is 0 Å². The minimum Gasteiger partial charge on any atom is -0.465 e. The molecule has 0 N–H and O–H groups in total. The lowest BCUT2D eigenvalue weighted by Crippen LogP contribution is -2.29. The molecule has 2 aromatic carbocycles. The topological polar surface area (TPSA) is 42.4 Å². The summed E-state index contributed by atoms with van der Waals surface area (Å²) in [5.74, 6) is -0.316. The van der Waals surface area contributed by atoms with Gasteiger partial charge >= 0.3 is 5.97 Å². The fraction of sp³-hybridized carbons (Fsp3) is 0.250. The van der Waals surface area contributed by atoms with Crippen molar-refractivity contribution in [2.75, 3.05) is 20.2 Å². The number of pyridine rings is 1. The van der Waals surface area contributed by atoms with Crippen molar-refractivity contribution in [1.29, 1.82) is 0 Å². The molecule has 0 bridgehead atoms. The molecule has 0 radical (unpaired) electrons. The number of fused-ring (bicyclic) bond motifs is 1. The SMILES string of the molecule is COC(=O)c1c(CN2CC=C(c3ccccc3)CC2)nc2ccccc2c1C. The number of nitrogens with zero attached hydrogens (tertiary/aromatic N) is 2. The van der Waals surface area contributed by atoms with Crippen LogP contribution in [0.1, 0.15) is 33.6 Å². The Bertz CT molecular complexity index is 1040. The summed E-state index contributed by atoms with van der Waals surface area (Å²) < 4.78 is 5.06. The molecule has 0 atom stereocenters. The fourth-order valence-electron chi connectivity index (χ4n) is 3.91. The van der Waals surface area contributed by atoms with Gasteiger partial charge in [0.2, 0.25) is 0 Å². The Labute approximate surface area is 165 Å². The molecular weight excluding hydrogens is 348 g/mol. The first-order valence-corrected chi connectivity index (χ1v) is 9.60. The zero-order valence-corrected chi connectivity index (χ0v) is 16.3. The van der Waals surface area contributed by atoms with Gasteiger partial charge in [0, 0.05) is 25.0 Å². The molecule has 0 spiro atoms. The summed E-state index contributed by atoms with van der Waals surface area (Å²) in [7, 11) is 1.43. The van der Waals surface area contributed by atoms with Crippen LogP contribution in [0.25, 0.3) is 16.5 Å². The maximum atomic E-state index is 12.5. The normalized spacial score (nSPS) is 14.7. The number of benzene rings is 2. The number of carbonyl (C=O) groups excluding carboxylic acids is 1. The standard InChI is InChI=1S/C24H24N2O2/c1-17-20-10-6-7-11-21(20)25-22(23(17)24(27)28-2)16-26-14-12-19(13-15-26)18-8-4-3-5-9-18/h3-12H,13-16H2,1-2H3. The Kier molecular flexibility index (Phi) is 5.22. The zero-order valence-electron chi connectivity index (χ0n) is 16.3. The number of carbonyl (C=O) groups is 1. The summed E-state index contributed by atoms with van der Waals surface area (Å²) in [6.07, 6.45) is 3.27. The van der Waals surface area contributed by atoms with Crippen LogP contribution in [-0.2, 0) is 11.3 Å². The van der Waals surface area contributed by atoms with Crippen LogP contribution in [0.5, 0.6) is 0 Å². The molecule has 4 rings (SSSR count). The quantitative estimate of drug-likeness (QED) is 0.627. The van der Waals surface area contributed by atoms with Crippen molar-refractivity contribution in [1.82, 2.24) is 9.88 Å². The summed E-state index contributed by atoms with van der Waals surface area (Å²) >= 11 is 0. The molecule has 1 aliphatic heterocycles. The van der Waals surface area contributed by atoms with Gasteiger partial charge in [0.05, 0.1) is 23.9 Å². The molecule has 0 saturated carbocycles. The maximum absolute atomic E-state index is 12.5. The van der Waals surface area contributed by atoms with Crippen molar-refractivity contribution >= 4 is 22.4 Å². The highest BCUT2D eigenvalue weighted by Crippen LogP contribution is 2.27. The van der Waals surface area contributed by atoms with Crippen LogP contribution in [0.15, 0.2) is 60.7 Å². The third-order valence-electron chi connectivity index (χ3n) is 5.43. The largest absolute Gasteiger partial charge is 0.465 e. The van der Waals surface area contributed by atoms with E-state index in [4.69, 9.17) is 9.72 Å². The number of aryl methyl sites for hydroxylation is 1. The van der Waals surface area contributed by atoms with Crippen LogP contribution in [0, 0.1) is 6.92 Å². The van der Waals surface area contributed by atoms with E-state index in [0.29, 0.717) is 12.1 Å². The molecular formula is C24H24N2O2. The Morgan fingerprint density at radius 3 is 2.57 bits per heavy atom. The average molecular weight is 372 g/mol. The number of methoxy groups -OCH3 is 1. The first-order chi connectivity index (χ1) is 13.7. The number of hydrogen-bond acceptors (Lipinski definition) is 4. The number of para-hydroxylation sites is 1. The van der Waals surface area contributed by atoms with Gasteiger partial charge in [-0.15, -0.1) is 0 Å². The maximum Gasteiger partial charge on any atom is 0.340 e. The average Bonchev–Trinajstić information content (AvgIpc) is 2.75. The molecule has 1 aromatic heterocycles. The predicted octanol–water partition coefficient (Wildman–Crippen LogP) is 4.62. The molecule has 0 amide bonds. The van der Waals surface area contributed by atoms with E-state index in [1.807, 2.05) is 37.3 Å². The first kappa shape index (κ1) is 18.4. The molecule has 28 heavy (non-hydrogen) atoms. The Morgan fingerprint density at radius 1 is 1.11 bits per heavy atom. The monoisotopic (exact) mass is 372 g/mol. The summed E-state index contributed by atoms with van der Waals surface area (Å²) in [4.78, 5) is 19.6. The van der Waals surface area contributed by atoms with Crippen molar-refractivity contribution in [2.45, 2.75) is 19.9 Å². The van der Waals surface area contributed by atoms with Crippen molar-refractivity contribution < 1.29 is 9.53 Å². The minimum absolute atomic E-state index is 0.316. The number of ether oxygens (including phenoxy) is 1.